The predicted molar refractivity (Wildman–Crippen MR) is 42.0 cm³/mol. The van der Waals surface area contributed by atoms with E-state index in [1.54, 1.807) is 7.11 Å². The molecule has 2 nitrogen and oxygen atoms in total. The van der Waals surface area contributed by atoms with E-state index in [0.717, 1.165) is 25.7 Å². The van der Waals surface area contributed by atoms with Crippen molar-refractivity contribution in [3.05, 3.63) is 0 Å². The summed E-state index contributed by atoms with van der Waals surface area (Å²) in [4.78, 5) is 2.77. The fourth-order valence-electron chi connectivity index (χ4n) is 1.41. The Morgan fingerprint density at radius 3 is 2.30 bits per heavy atom. The number of nitrogens with one attached hydrogen (secondary N) is 1. The van der Waals surface area contributed by atoms with Gasteiger partial charge in [0.25, 0.3) is 0 Å². The molecular formula is C7H14ClNO. The number of hydrogen-bond donors (Lipinski definition) is 1. The molecule has 0 unspecified atom stereocenters. The Morgan fingerprint density at radius 1 is 1.30 bits per heavy atom. The quantitative estimate of drug-likeness (QED) is 0.626. The summed E-state index contributed by atoms with van der Waals surface area (Å²) < 4.78 is 5.21. The minimum atomic E-state index is 0.473. The molecule has 3 heteroatoms. The SMILES string of the molecule is CO[C@H]1CC[C@H](NCl)CC1. The van der Waals surface area contributed by atoms with Gasteiger partial charge in [0.2, 0.25) is 0 Å². The Bertz CT molecular complexity index is 79.6. The summed E-state index contributed by atoms with van der Waals surface area (Å²) in [6.07, 6.45) is 5.03. The van der Waals surface area contributed by atoms with E-state index in [9.17, 15) is 0 Å². The molecule has 0 bridgehead atoms. The van der Waals surface area contributed by atoms with Crippen molar-refractivity contribution in [2.75, 3.05) is 7.11 Å². The van der Waals surface area contributed by atoms with Gasteiger partial charge in [0.05, 0.1) is 6.10 Å². The van der Waals surface area contributed by atoms with Crippen LogP contribution in [-0.4, -0.2) is 19.3 Å². The second kappa shape index (κ2) is 4.16. The first kappa shape index (κ1) is 8.31. The molecule has 0 saturated heterocycles. The normalized spacial score (nSPS) is 34.2. The number of halogens is 1. The van der Waals surface area contributed by atoms with Gasteiger partial charge in [-0.2, -0.15) is 0 Å². The third-order valence-electron chi connectivity index (χ3n) is 2.16. The molecule has 0 heterocycles. The molecule has 1 N–H and O–H groups in total. The summed E-state index contributed by atoms with van der Waals surface area (Å²) in [7, 11) is 1.78. The Balaban J connectivity index is 2.17. The molecule has 0 aromatic rings. The van der Waals surface area contributed by atoms with E-state index >= 15 is 0 Å². The second-order valence-corrected chi connectivity index (χ2v) is 3.04. The smallest absolute Gasteiger partial charge is 0.0572 e. The van der Waals surface area contributed by atoms with Gasteiger partial charge in [-0.25, -0.2) is 4.84 Å². The maximum Gasteiger partial charge on any atom is 0.0572 e. The van der Waals surface area contributed by atoms with Crippen LogP contribution in [0.25, 0.3) is 0 Å². The molecular weight excluding hydrogens is 150 g/mol. The topological polar surface area (TPSA) is 21.3 Å². The van der Waals surface area contributed by atoms with E-state index in [1.807, 2.05) is 0 Å². The summed E-state index contributed by atoms with van der Waals surface area (Å²) in [5.74, 6) is 0. The first-order valence-corrected chi connectivity index (χ1v) is 4.13. The summed E-state index contributed by atoms with van der Waals surface area (Å²) in [6.45, 7) is 0. The van der Waals surface area contributed by atoms with E-state index < -0.39 is 0 Å². The van der Waals surface area contributed by atoms with E-state index in [0.29, 0.717) is 12.1 Å². The molecule has 1 aliphatic rings. The standard InChI is InChI=1S/C7H14ClNO/c1-10-7-4-2-6(9-8)3-5-7/h6-7,9H,2-5H2,1H3/t6-,7-. The molecule has 0 aliphatic heterocycles. The van der Waals surface area contributed by atoms with Crippen molar-refractivity contribution in [2.24, 2.45) is 0 Å². The maximum absolute atomic E-state index is 5.48. The van der Waals surface area contributed by atoms with Crippen LogP contribution in [0.4, 0.5) is 0 Å². The van der Waals surface area contributed by atoms with Crippen LogP contribution >= 0.6 is 11.8 Å². The molecule has 0 aromatic heterocycles. The Morgan fingerprint density at radius 2 is 1.90 bits per heavy atom. The molecule has 0 atom stereocenters. The first-order valence-electron chi connectivity index (χ1n) is 3.75. The van der Waals surface area contributed by atoms with Crippen molar-refractivity contribution in [2.45, 2.75) is 37.8 Å². The second-order valence-electron chi connectivity index (χ2n) is 2.82. The molecule has 0 radical (unpaired) electrons. The molecule has 1 rings (SSSR count). The van der Waals surface area contributed by atoms with Gasteiger partial charge >= 0.3 is 0 Å². The lowest BCUT2D eigenvalue weighted by Crippen LogP contribution is -2.29. The molecule has 10 heavy (non-hydrogen) atoms. The lowest BCUT2D eigenvalue weighted by atomic mass is 9.94. The highest BCUT2D eigenvalue weighted by molar-refractivity contribution is 6.13. The van der Waals surface area contributed by atoms with Gasteiger partial charge in [-0.05, 0) is 37.5 Å². The van der Waals surface area contributed by atoms with Gasteiger partial charge in [-0.3, -0.25) is 0 Å². The average Bonchev–Trinajstić information content (AvgIpc) is 2.05. The Hall–Kier alpha value is 0.210. The van der Waals surface area contributed by atoms with E-state index in [4.69, 9.17) is 16.5 Å². The largest absolute Gasteiger partial charge is 0.381 e. The zero-order chi connectivity index (χ0) is 7.40. The minimum Gasteiger partial charge on any atom is -0.381 e. The van der Waals surface area contributed by atoms with Crippen LogP contribution < -0.4 is 4.84 Å². The molecule has 0 aromatic carbocycles. The van der Waals surface area contributed by atoms with Crippen LogP contribution in [0.2, 0.25) is 0 Å². The Kier molecular flexibility index (Phi) is 3.46. The first-order chi connectivity index (χ1) is 4.86. The molecule has 0 spiro atoms. The van der Waals surface area contributed by atoms with Crippen molar-refractivity contribution in [3.8, 4) is 0 Å². The molecule has 1 aliphatic carbocycles. The monoisotopic (exact) mass is 163 g/mol. The lowest BCUT2D eigenvalue weighted by molar-refractivity contribution is 0.0650. The van der Waals surface area contributed by atoms with Gasteiger partial charge in [-0.1, -0.05) is 0 Å². The van der Waals surface area contributed by atoms with Crippen molar-refractivity contribution in [1.82, 2.24) is 4.84 Å². The molecule has 1 saturated carbocycles. The van der Waals surface area contributed by atoms with Crippen LogP contribution in [-0.2, 0) is 4.74 Å². The zero-order valence-corrected chi connectivity index (χ0v) is 7.03. The van der Waals surface area contributed by atoms with Crippen molar-refractivity contribution < 1.29 is 4.74 Å². The number of hydrogen-bond acceptors (Lipinski definition) is 2. The van der Waals surface area contributed by atoms with E-state index in [2.05, 4.69) is 4.84 Å². The summed E-state index contributed by atoms with van der Waals surface area (Å²) in [5.41, 5.74) is 0. The van der Waals surface area contributed by atoms with Gasteiger partial charge < -0.3 is 4.74 Å². The highest BCUT2D eigenvalue weighted by atomic mass is 35.5. The van der Waals surface area contributed by atoms with E-state index in [-0.39, 0.29) is 0 Å². The van der Waals surface area contributed by atoms with Crippen molar-refractivity contribution >= 4 is 11.8 Å². The summed E-state index contributed by atoms with van der Waals surface area (Å²) in [6, 6.07) is 0.507. The van der Waals surface area contributed by atoms with Gasteiger partial charge in [-0.15, -0.1) is 0 Å². The average molecular weight is 164 g/mol. The third kappa shape index (κ3) is 2.11. The molecule has 1 fully saturated rings. The third-order valence-corrected chi connectivity index (χ3v) is 2.47. The predicted octanol–water partition coefficient (Wildman–Crippen LogP) is 1.69. The fraction of sp³-hybridized carbons (Fsp3) is 1.00. The Labute approximate surface area is 67.0 Å². The van der Waals surface area contributed by atoms with Gasteiger partial charge in [0.1, 0.15) is 0 Å². The van der Waals surface area contributed by atoms with Gasteiger partial charge in [0, 0.05) is 13.2 Å². The van der Waals surface area contributed by atoms with Crippen LogP contribution in [0.15, 0.2) is 0 Å². The van der Waals surface area contributed by atoms with Crippen LogP contribution in [0.5, 0.6) is 0 Å². The zero-order valence-electron chi connectivity index (χ0n) is 6.27. The summed E-state index contributed by atoms with van der Waals surface area (Å²) >= 11 is 5.48. The molecule has 60 valence electrons. The highest BCUT2D eigenvalue weighted by Crippen LogP contribution is 2.20. The summed E-state index contributed by atoms with van der Waals surface area (Å²) in [5, 5.41) is 0. The number of ether oxygens (including phenoxy) is 1. The van der Waals surface area contributed by atoms with Crippen molar-refractivity contribution in [3.63, 3.8) is 0 Å². The van der Waals surface area contributed by atoms with Crippen LogP contribution in [0.3, 0.4) is 0 Å². The van der Waals surface area contributed by atoms with Gasteiger partial charge in [0.15, 0.2) is 0 Å². The van der Waals surface area contributed by atoms with Crippen LogP contribution in [0, 0.1) is 0 Å². The van der Waals surface area contributed by atoms with Crippen molar-refractivity contribution in [1.29, 1.82) is 0 Å². The van der Waals surface area contributed by atoms with E-state index in [1.165, 1.54) is 0 Å². The number of rotatable bonds is 2. The van der Waals surface area contributed by atoms with Crippen LogP contribution in [0.1, 0.15) is 25.7 Å². The highest BCUT2D eigenvalue weighted by Gasteiger charge is 2.19. The minimum absolute atomic E-state index is 0.473. The fourth-order valence-corrected chi connectivity index (χ4v) is 1.63. The number of methoxy groups -OCH3 is 1. The maximum atomic E-state index is 5.48. The lowest BCUT2D eigenvalue weighted by Gasteiger charge is -2.25. The molecule has 0 amide bonds.